The number of piperidine rings is 1. The Labute approximate surface area is 209 Å². The van der Waals surface area contributed by atoms with Crippen LogP contribution in [-0.2, 0) is 11.2 Å². The van der Waals surface area contributed by atoms with Gasteiger partial charge in [-0.05, 0) is 64.0 Å². The molecule has 2 fully saturated rings. The zero-order valence-corrected chi connectivity index (χ0v) is 21.0. The Hall–Kier alpha value is -2.97. The standard InChI is InChI=1S/C26H29ClFN5O2/c1-4-16-18(27)5-6-19(23(16)28)31-24-17-13-21(22(35-3)14-20(17)29-15-30-24)33-12-9-26(25(33)34)7-10-32(2)11-8-26/h5-6,13-15H,4,7-12H2,1-3H3,(H,29,30,31). The molecule has 7 nitrogen and oxygen atoms in total. The van der Waals surface area contributed by atoms with E-state index in [0.717, 1.165) is 32.4 Å². The van der Waals surface area contributed by atoms with Crippen LogP contribution in [0.4, 0.5) is 21.6 Å². The number of benzene rings is 2. The number of anilines is 3. The highest BCUT2D eigenvalue weighted by Crippen LogP contribution is 2.46. The van der Waals surface area contributed by atoms with E-state index in [0.29, 0.717) is 51.7 Å². The summed E-state index contributed by atoms with van der Waals surface area (Å²) in [4.78, 5) is 26.5. The van der Waals surface area contributed by atoms with E-state index in [9.17, 15) is 4.79 Å². The van der Waals surface area contributed by atoms with E-state index < -0.39 is 5.82 Å². The molecule has 2 aliphatic heterocycles. The monoisotopic (exact) mass is 497 g/mol. The van der Waals surface area contributed by atoms with Gasteiger partial charge >= 0.3 is 0 Å². The van der Waals surface area contributed by atoms with Gasteiger partial charge in [0, 0.05) is 28.6 Å². The Morgan fingerprint density at radius 2 is 1.91 bits per heavy atom. The van der Waals surface area contributed by atoms with Crippen molar-refractivity contribution in [1.29, 1.82) is 0 Å². The Morgan fingerprint density at radius 3 is 2.63 bits per heavy atom. The van der Waals surface area contributed by atoms with Crippen molar-refractivity contribution in [1.82, 2.24) is 14.9 Å². The molecule has 1 N–H and O–H groups in total. The van der Waals surface area contributed by atoms with Crippen molar-refractivity contribution in [3.05, 3.63) is 47.0 Å². The number of fused-ring (bicyclic) bond motifs is 1. The van der Waals surface area contributed by atoms with Gasteiger partial charge in [0.2, 0.25) is 5.91 Å². The van der Waals surface area contributed by atoms with Crippen LogP contribution in [0.15, 0.2) is 30.6 Å². The largest absolute Gasteiger partial charge is 0.494 e. The van der Waals surface area contributed by atoms with Gasteiger partial charge in [0.05, 0.1) is 29.4 Å². The summed E-state index contributed by atoms with van der Waals surface area (Å²) in [5.74, 6) is 0.764. The average molecular weight is 498 g/mol. The number of ether oxygens (including phenoxy) is 1. The van der Waals surface area contributed by atoms with Gasteiger partial charge in [0.15, 0.2) is 5.82 Å². The molecule has 0 bridgehead atoms. The number of amides is 1. The van der Waals surface area contributed by atoms with Gasteiger partial charge in [-0.15, -0.1) is 0 Å². The smallest absolute Gasteiger partial charge is 0.233 e. The fourth-order valence-corrected chi connectivity index (χ4v) is 5.53. The summed E-state index contributed by atoms with van der Waals surface area (Å²) in [5, 5.41) is 4.18. The molecule has 0 radical (unpaired) electrons. The summed E-state index contributed by atoms with van der Waals surface area (Å²) in [5.41, 5.74) is 1.73. The third-order valence-electron chi connectivity index (χ3n) is 7.48. The molecule has 0 unspecified atom stereocenters. The van der Waals surface area contributed by atoms with E-state index in [1.807, 2.05) is 17.9 Å². The quantitative estimate of drug-likeness (QED) is 0.523. The lowest BCUT2D eigenvalue weighted by molar-refractivity contribution is -0.127. The number of aromatic nitrogens is 2. The molecule has 3 aromatic rings. The molecule has 1 amide bonds. The summed E-state index contributed by atoms with van der Waals surface area (Å²) in [7, 11) is 3.68. The van der Waals surface area contributed by atoms with E-state index in [1.54, 1.807) is 25.3 Å². The first-order valence-electron chi connectivity index (χ1n) is 11.9. The summed E-state index contributed by atoms with van der Waals surface area (Å²) >= 11 is 6.16. The maximum atomic E-state index is 15.1. The topological polar surface area (TPSA) is 70.6 Å². The number of methoxy groups -OCH3 is 1. The lowest BCUT2D eigenvalue weighted by atomic mass is 9.77. The van der Waals surface area contributed by atoms with Gasteiger partial charge in [0.25, 0.3) is 0 Å². The molecule has 0 atom stereocenters. The molecule has 0 saturated carbocycles. The van der Waals surface area contributed by atoms with Crippen LogP contribution in [0.3, 0.4) is 0 Å². The van der Waals surface area contributed by atoms with E-state index >= 15 is 4.39 Å². The number of nitrogens with zero attached hydrogens (tertiary/aromatic N) is 4. The highest BCUT2D eigenvalue weighted by molar-refractivity contribution is 6.31. The van der Waals surface area contributed by atoms with Crippen LogP contribution in [0, 0.1) is 11.2 Å². The minimum Gasteiger partial charge on any atom is -0.494 e. The molecule has 1 spiro atoms. The Balaban J connectivity index is 1.55. The highest BCUT2D eigenvalue weighted by atomic mass is 35.5. The number of hydrogen-bond acceptors (Lipinski definition) is 6. The second-order valence-corrected chi connectivity index (χ2v) is 9.83. The van der Waals surface area contributed by atoms with Crippen molar-refractivity contribution >= 4 is 45.6 Å². The maximum Gasteiger partial charge on any atom is 0.233 e. The predicted molar refractivity (Wildman–Crippen MR) is 136 cm³/mol. The Kier molecular flexibility index (Phi) is 6.27. The molecule has 1 aromatic heterocycles. The lowest BCUT2D eigenvalue weighted by Crippen LogP contribution is -2.43. The molecule has 9 heteroatoms. The van der Waals surface area contributed by atoms with Crippen LogP contribution < -0.4 is 15.0 Å². The fraction of sp³-hybridized carbons (Fsp3) is 0.423. The van der Waals surface area contributed by atoms with Crippen LogP contribution in [0.1, 0.15) is 31.7 Å². The zero-order valence-electron chi connectivity index (χ0n) is 20.2. The SMILES string of the molecule is CCc1c(Cl)ccc(Nc2ncnc3cc(OC)c(N4CCC5(CCN(C)CC5)C4=O)cc23)c1F. The zero-order chi connectivity index (χ0) is 24.7. The first-order chi connectivity index (χ1) is 16.9. The van der Waals surface area contributed by atoms with Crippen LogP contribution in [0.5, 0.6) is 5.75 Å². The lowest BCUT2D eigenvalue weighted by Gasteiger charge is -2.36. The van der Waals surface area contributed by atoms with E-state index in [1.165, 1.54) is 6.33 Å². The predicted octanol–water partition coefficient (Wildman–Crippen LogP) is 5.19. The van der Waals surface area contributed by atoms with E-state index in [-0.39, 0.29) is 17.0 Å². The van der Waals surface area contributed by atoms with Crippen LogP contribution in [-0.4, -0.2) is 54.6 Å². The van der Waals surface area contributed by atoms with Crippen molar-refractivity contribution in [2.75, 3.05) is 44.0 Å². The minimum atomic E-state index is -0.403. The molecule has 2 aliphatic rings. The number of carbonyl (C=O) groups is 1. The Morgan fingerprint density at radius 1 is 1.17 bits per heavy atom. The van der Waals surface area contributed by atoms with Gasteiger partial charge in [-0.3, -0.25) is 4.79 Å². The normalized spacial score (nSPS) is 18.0. The molecule has 2 aromatic carbocycles. The van der Waals surface area contributed by atoms with E-state index in [4.69, 9.17) is 16.3 Å². The number of rotatable bonds is 5. The second-order valence-electron chi connectivity index (χ2n) is 9.42. The van der Waals surface area contributed by atoms with Gasteiger partial charge < -0.3 is 19.9 Å². The van der Waals surface area contributed by atoms with Crippen molar-refractivity contribution in [3.8, 4) is 5.75 Å². The van der Waals surface area contributed by atoms with Crippen molar-refractivity contribution in [2.45, 2.75) is 32.6 Å². The first kappa shape index (κ1) is 23.8. The summed E-state index contributed by atoms with van der Waals surface area (Å²) in [6.45, 7) is 4.33. The van der Waals surface area contributed by atoms with E-state index in [2.05, 4.69) is 27.2 Å². The summed E-state index contributed by atoms with van der Waals surface area (Å²) in [6.07, 6.45) is 4.45. The number of nitrogens with one attached hydrogen (secondary N) is 1. The fourth-order valence-electron chi connectivity index (χ4n) is 5.25. The highest BCUT2D eigenvalue weighted by Gasteiger charge is 2.48. The average Bonchev–Trinajstić information content (AvgIpc) is 3.17. The Bertz CT molecular complexity index is 1290. The van der Waals surface area contributed by atoms with Gasteiger partial charge in [-0.1, -0.05) is 18.5 Å². The maximum absolute atomic E-state index is 15.1. The van der Waals surface area contributed by atoms with Gasteiger partial charge in [0.1, 0.15) is 17.9 Å². The number of halogens is 2. The summed E-state index contributed by atoms with van der Waals surface area (Å²) < 4.78 is 20.7. The van der Waals surface area contributed by atoms with Crippen molar-refractivity contribution < 1.29 is 13.9 Å². The van der Waals surface area contributed by atoms with Crippen molar-refractivity contribution in [2.24, 2.45) is 5.41 Å². The number of hydrogen-bond donors (Lipinski definition) is 1. The van der Waals surface area contributed by atoms with Gasteiger partial charge in [-0.2, -0.15) is 0 Å². The number of likely N-dealkylation sites (tertiary alicyclic amines) is 1. The molecular formula is C26H29ClFN5O2. The molecule has 35 heavy (non-hydrogen) atoms. The molecule has 3 heterocycles. The van der Waals surface area contributed by atoms with Crippen LogP contribution in [0.25, 0.3) is 10.9 Å². The van der Waals surface area contributed by atoms with Gasteiger partial charge in [-0.25, -0.2) is 14.4 Å². The first-order valence-corrected chi connectivity index (χ1v) is 12.3. The molecule has 2 saturated heterocycles. The molecule has 0 aliphatic carbocycles. The molecule has 184 valence electrons. The van der Waals surface area contributed by atoms with Crippen LogP contribution in [0.2, 0.25) is 5.02 Å². The van der Waals surface area contributed by atoms with Crippen LogP contribution >= 0.6 is 11.6 Å². The molecular weight excluding hydrogens is 469 g/mol. The second kappa shape index (κ2) is 9.24. The summed E-state index contributed by atoms with van der Waals surface area (Å²) in [6, 6.07) is 6.95. The third kappa shape index (κ3) is 4.08. The minimum absolute atomic E-state index is 0.144. The molecule has 5 rings (SSSR count). The van der Waals surface area contributed by atoms with Crippen molar-refractivity contribution in [3.63, 3.8) is 0 Å². The number of carbonyl (C=O) groups excluding carboxylic acids is 1. The third-order valence-corrected chi connectivity index (χ3v) is 7.83.